The van der Waals surface area contributed by atoms with Gasteiger partial charge in [-0.3, -0.25) is 4.79 Å². The van der Waals surface area contributed by atoms with Crippen LogP contribution in [0.4, 0.5) is 0 Å². The molecule has 0 aromatic heterocycles. The molecule has 0 aliphatic heterocycles. The van der Waals surface area contributed by atoms with Crippen LogP contribution < -0.4 is 4.74 Å². The summed E-state index contributed by atoms with van der Waals surface area (Å²) in [5.74, 6) is 0.0229. The molecule has 0 unspecified atom stereocenters. The standard InChI is InChI=1S/C23H22O3/c1-17-14-22(12-10-19(17)11-13-23(24)25)26-16-18-6-5-9-21(15-18)20-7-3-2-4-8-20/h2-10,12,14-15H,11,13,16H2,1H3,(H,24,25). The van der Waals surface area contributed by atoms with Crippen LogP contribution in [0.1, 0.15) is 23.1 Å². The van der Waals surface area contributed by atoms with Gasteiger partial charge in [-0.1, -0.05) is 54.6 Å². The summed E-state index contributed by atoms with van der Waals surface area (Å²) in [5.41, 5.74) is 5.58. The second kappa shape index (κ2) is 8.34. The van der Waals surface area contributed by atoms with Gasteiger partial charge < -0.3 is 9.84 Å². The summed E-state index contributed by atoms with van der Waals surface area (Å²) in [5, 5.41) is 8.81. The van der Waals surface area contributed by atoms with Crippen LogP contribution in [0, 0.1) is 6.92 Å². The van der Waals surface area contributed by atoms with Gasteiger partial charge >= 0.3 is 5.97 Å². The smallest absolute Gasteiger partial charge is 0.303 e. The lowest BCUT2D eigenvalue weighted by Gasteiger charge is -2.11. The van der Waals surface area contributed by atoms with Gasteiger partial charge in [0.15, 0.2) is 0 Å². The number of aliphatic carboxylic acids is 1. The summed E-state index contributed by atoms with van der Waals surface area (Å²) < 4.78 is 5.93. The lowest BCUT2D eigenvalue weighted by molar-refractivity contribution is -0.136. The third-order valence-corrected chi connectivity index (χ3v) is 4.36. The highest BCUT2D eigenvalue weighted by atomic mass is 16.5. The molecule has 0 radical (unpaired) electrons. The zero-order chi connectivity index (χ0) is 18.4. The number of rotatable bonds is 7. The van der Waals surface area contributed by atoms with E-state index >= 15 is 0 Å². The average Bonchev–Trinajstić information content (AvgIpc) is 2.66. The number of ether oxygens (including phenoxy) is 1. The fourth-order valence-electron chi connectivity index (χ4n) is 2.92. The van der Waals surface area contributed by atoms with Gasteiger partial charge in [0.25, 0.3) is 0 Å². The molecule has 0 saturated carbocycles. The molecule has 3 heteroatoms. The summed E-state index contributed by atoms with van der Waals surface area (Å²) in [4.78, 5) is 10.7. The van der Waals surface area contributed by atoms with Crippen LogP contribution in [-0.4, -0.2) is 11.1 Å². The molecule has 3 nitrogen and oxygen atoms in total. The second-order valence-corrected chi connectivity index (χ2v) is 6.34. The fraction of sp³-hybridized carbons (Fsp3) is 0.174. The van der Waals surface area contributed by atoms with Crippen molar-refractivity contribution in [1.29, 1.82) is 0 Å². The number of benzene rings is 3. The van der Waals surface area contributed by atoms with Crippen molar-refractivity contribution < 1.29 is 14.6 Å². The molecule has 26 heavy (non-hydrogen) atoms. The predicted molar refractivity (Wildman–Crippen MR) is 103 cm³/mol. The molecule has 0 atom stereocenters. The Kier molecular flexibility index (Phi) is 5.69. The van der Waals surface area contributed by atoms with Crippen molar-refractivity contribution >= 4 is 5.97 Å². The minimum Gasteiger partial charge on any atom is -0.489 e. The Morgan fingerprint density at radius 2 is 1.69 bits per heavy atom. The first-order chi connectivity index (χ1) is 12.6. The Hall–Kier alpha value is -3.07. The van der Waals surface area contributed by atoms with Crippen molar-refractivity contribution in [2.24, 2.45) is 0 Å². The predicted octanol–water partition coefficient (Wildman–Crippen LogP) is 5.26. The van der Waals surface area contributed by atoms with Crippen molar-refractivity contribution in [3.63, 3.8) is 0 Å². The number of carboxylic acids is 1. The van der Waals surface area contributed by atoms with E-state index in [1.54, 1.807) is 0 Å². The molecule has 3 rings (SSSR count). The highest BCUT2D eigenvalue weighted by Crippen LogP contribution is 2.22. The lowest BCUT2D eigenvalue weighted by Crippen LogP contribution is -2.00. The van der Waals surface area contributed by atoms with E-state index < -0.39 is 5.97 Å². The van der Waals surface area contributed by atoms with E-state index in [1.807, 2.05) is 49.4 Å². The van der Waals surface area contributed by atoms with Crippen molar-refractivity contribution in [1.82, 2.24) is 0 Å². The zero-order valence-corrected chi connectivity index (χ0v) is 14.8. The molecule has 1 N–H and O–H groups in total. The highest BCUT2D eigenvalue weighted by molar-refractivity contribution is 5.67. The molecule has 3 aromatic carbocycles. The van der Waals surface area contributed by atoms with Crippen molar-refractivity contribution in [3.05, 3.63) is 89.5 Å². The minimum atomic E-state index is -0.775. The number of hydrogen-bond donors (Lipinski definition) is 1. The summed E-state index contributed by atoms with van der Waals surface area (Å²) in [6.45, 7) is 2.48. The summed E-state index contributed by atoms with van der Waals surface area (Å²) in [6, 6.07) is 24.4. The van der Waals surface area contributed by atoms with Gasteiger partial charge in [-0.25, -0.2) is 0 Å². The Morgan fingerprint density at radius 1 is 0.923 bits per heavy atom. The Balaban J connectivity index is 1.66. The second-order valence-electron chi connectivity index (χ2n) is 6.34. The van der Waals surface area contributed by atoms with Crippen LogP contribution in [0.15, 0.2) is 72.8 Å². The SMILES string of the molecule is Cc1cc(OCc2cccc(-c3ccccc3)c2)ccc1CCC(=O)O. The van der Waals surface area contributed by atoms with Crippen LogP contribution in [-0.2, 0) is 17.8 Å². The third kappa shape index (κ3) is 4.73. The van der Waals surface area contributed by atoms with Crippen LogP contribution in [0.25, 0.3) is 11.1 Å². The quantitative estimate of drug-likeness (QED) is 0.635. The van der Waals surface area contributed by atoms with E-state index in [0.29, 0.717) is 13.0 Å². The van der Waals surface area contributed by atoms with Crippen LogP contribution in [0.2, 0.25) is 0 Å². The number of aryl methyl sites for hydroxylation is 2. The van der Waals surface area contributed by atoms with Gasteiger partial charge in [-0.05, 0) is 59.4 Å². The molecule has 0 amide bonds. The molecule has 0 saturated heterocycles. The summed E-state index contributed by atoms with van der Waals surface area (Å²) in [6.07, 6.45) is 0.688. The maximum Gasteiger partial charge on any atom is 0.303 e. The molecule has 3 aromatic rings. The van der Waals surface area contributed by atoms with Crippen molar-refractivity contribution in [3.8, 4) is 16.9 Å². The topological polar surface area (TPSA) is 46.5 Å². The first kappa shape index (κ1) is 17.7. The average molecular weight is 346 g/mol. The first-order valence-corrected chi connectivity index (χ1v) is 8.70. The van der Waals surface area contributed by atoms with Gasteiger partial charge in [-0.2, -0.15) is 0 Å². The summed E-state index contributed by atoms with van der Waals surface area (Å²) >= 11 is 0. The van der Waals surface area contributed by atoms with E-state index in [9.17, 15) is 4.79 Å². The Morgan fingerprint density at radius 3 is 2.42 bits per heavy atom. The molecular formula is C23H22O3. The van der Waals surface area contributed by atoms with Crippen LogP contribution in [0.5, 0.6) is 5.75 Å². The van der Waals surface area contributed by atoms with E-state index in [2.05, 4.69) is 30.3 Å². The molecule has 0 bridgehead atoms. The summed E-state index contributed by atoms with van der Waals surface area (Å²) in [7, 11) is 0. The number of hydrogen-bond acceptors (Lipinski definition) is 2. The number of carboxylic acid groups (broad SMARTS) is 1. The van der Waals surface area contributed by atoms with Gasteiger partial charge in [0.05, 0.1) is 0 Å². The Labute approximate surface area is 153 Å². The lowest BCUT2D eigenvalue weighted by atomic mass is 10.0. The molecule has 0 heterocycles. The Bertz CT molecular complexity index is 885. The highest BCUT2D eigenvalue weighted by Gasteiger charge is 2.05. The monoisotopic (exact) mass is 346 g/mol. The normalized spacial score (nSPS) is 10.5. The molecular weight excluding hydrogens is 324 g/mol. The van der Waals surface area contributed by atoms with Crippen molar-refractivity contribution in [2.75, 3.05) is 0 Å². The molecule has 0 aliphatic carbocycles. The molecule has 0 fully saturated rings. The van der Waals surface area contributed by atoms with Gasteiger partial charge in [0.2, 0.25) is 0 Å². The van der Waals surface area contributed by atoms with Crippen LogP contribution >= 0.6 is 0 Å². The molecule has 0 aliphatic rings. The van der Waals surface area contributed by atoms with Gasteiger partial charge in [-0.15, -0.1) is 0 Å². The van der Waals surface area contributed by atoms with Gasteiger partial charge in [0.1, 0.15) is 12.4 Å². The van der Waals surface area contributed by atoms with E-state index in [1.165, 1.54) is 11.1 Å². The van der Waals surface area contributed by atoms with E-state index in [0.717, 1.165) is 22.4 Å². The first-order valence-electron chi connectivity index (χ1n) is 8.70. The zero-order valence-electron chi connectivity index (χ0n) is 14.8. The van der Waals surface area contributed by atoms with Crippen LogP contribution in [0.3, 0.4) is 0 Å². The minimum absolute atomic E-state index is 0.146. The molecule has 132 valence electrons. The third-order valence-electron chi connectivity index (χ3n) is 4.36. The molecule has 0 spiro atoms. The number of carbonyl (C=O) groups is 1. The maximum absolute atomic E-state index is 10.7. The fourth-order valence-corrected chi connectivity index (χ4v) is 2.92. The van der Waals surface area contributed by atoms with E-state index in [-0.39, 0.29) is 6.42 Å². The maximum atomic E-state index is 10.7. The van der Waals surface area contributed by atoms with Gasteiger partial charge in [0, 0.05) is 6.42 Å². The van der Waals surface area contributed by atoms with Crippen molar-refractivity contribution in [2.45, 2.75) is 26.4 Å². The van der Waals surface area contributed by atoms with E-state index in [4.69, 9.17) is 9.84 Å². The largest absolute Gasteiger partial charge is 0.489 e.